The number of hydrogen-bond donors (Lipinski definition) is 2. The first kappa shape index (κ1) is 9.76. The lowest BCUT2D eigenvalue weighted by atomic mass is 10.0. The van der Waals surface area contributed by atoms with Crippen LogP contribution in [-0.2, 0) is 4.79 Å². The highest BCUT2D eigenvalue weighted by molar-refractivity contribution is 5.85. The Bertz CT molecular complexity index is 404. The van der Waals surface area contributed by atoms with E-state index in [0.717, 1.165) is 24.3 Å². The second-order valence-electron chi connectivity index (χ2n) is 3.81. The zero-order valence-corrected chi connectivity index (χ0v) is 8.60. The minimum atomic E-state index is -0.292. The summed E-state index contributed by atoms with van der Waals surface area (Å²) in [4.78, 5) is 17.2. The second kappa shape index (κ2) is 3.42. The van der Waals surface area contributed by atoms with E-state index < -0.39 is 0 Å². The van der Waals surface area contributed by atoms with Crippen molar-refractivity contribution in [3.05, 3.63) is 17.8 Å². The molecule has 2 heterocycles. The minimum Gasteiger partial charge on any atom is -0.397 e. The van der Waals surface area contributed by atoms with E-state index in [4.69, 9.17) is 11.5 Å². The monoisotopic (exact) mass is 206 g/mol. The Morgan fingerprint density at radius 2 is 2.40 bits per heavy atom. The maximum atomic E-state index is 11.1. The van der Waals surface area contributed by atoms with Crippen molar-refractivity contribution in [3.8, 4) is 0 Å². The fraction of sp³-hybridized carbons (Fsp3) is 0.400. The van der Waals surface area contributed by atoms with Crippen LogP contribution < -0.4 is 16.4 Å². The Morgan fingerprint density at radius 1 is 1.67 bits per heavy atom. The summed E-state index contributed by atoms with van der Waals surface area (Å²) >= 11 is 0. The van der Waals surface area contributed by atoms with Gasteiger partial charge < -0.3 is 16.4 Å². The van der Waals surface area contributed by atoms with Gasteiger partial charge in [-0.05, 0) is 25.0 Å². The van der Waals surface area contributed by atoms with E-state index >= 15 is 0 Å². The van der Waals surface area contributed by atoms with Gasteiger partial charge in [0.05, 0.1) is 11.9 Å². The molecule has 2 rings (SSSR count). The Balaban J connectivity index is 2.27. The van der Waals surface area contributed by atoms with Gasteiger partial charge in [-0.2, -0.15) is 0 Å². The van der Waals surface area contributed by atoms with Crippen molar-refractivity contribution in [3.63, 3.8) is 0 Å². The van der Waals surface area contributed by atoms with Crippen molar-refractivity contribution in [1.29, 1.82) is 0 Å². The fourth-order valence-corrected chi connectivity index (χ4v) is 1.83. The maximum absolute atomic E-state index is 11.1. The molecule has 4 N–H and O–H groups in total. The van der Waals surface area contributed by atoms with Crippen molar-refractivity contribution >= 4 is 17.4 Å². The van der Waals surface area contributed by atoms with E-state index in [-0.39, 0.29) is 11.9 Å². The highest BCUT2D eigenvalue weighted by Gasteiger charge is 2.34. The van der Waals surface area contributed by atoms with Gasteiger partial charge in [0, 0.05) is 6.54 Å². The highest BCUT2D eigenvalue weighted by Crippen LogP contribution is 2.27. The van der Waals surface area contributed by atoms with Gasteiger partial charge in [-0.3, -0.25) is 4.79 Å². The summed E-state index contributed by atoms with van der Waals surface area (Å²) in [5.41, 5.74) is 12.5. The summed E-state index contributed by atoms with van der Waals surface area (Å²) in [6.07, 6.45) is 2.40. The zero-order valence-electron chi connectivity index (χ0n) is 8.60. The maximum Gasteiger partial charge on any atom is 0.240 e. The molecule has 80 valence electrons. The Kier molecular flexibility index (Phi) is 2.22. The molecule has 1 fully saturated rings. The number of primary amides is 1. The van der Waals surface area contributed by atoms with Crippen molar-refractivity contribution < 1.29 is 4.79 Å². The molecule has 1 aliphatic rings. The van der Waals surface area contributed by atoms with Gasteiger partial charge in [0.1, 0.15) is 11.9 Å². The minimum absolute atomic E-state index is 0.208. The first-order valence-electron chi connectivity index (χ1n) is 4.87. The van der Waals surface area contributed by atoms with E-state index in [1.54, 1.807) is 6.20 Å². The quantitative estimate of drug-likeness (QED) is 0.715. The van der Waals surface area contributed by atoms with Gasteiger partial charge in [-0.15, -0.1) is 0 Å². The molecule has 0 aromatic carbocycles. The highest BCUT2D eigenvalue weighted by atomic mass is 16.1. The van der Waals surface area contributed by atoms with Crippen LogP contribution in [0.4, 0.5) is 11.5 Å². The number of nitrogen functional groups attached to an aromatic ring is 1. The summed E-state index contributed by atoms with van der Waals surface area (Å²) in [6.45, 7) is 2.75. The average molecular weight is 206 g/mol. The summed E-state index contributed by atoms with van der Waals surface area (Å²) in [5, 5.41) is 0. The number of carbonyl (C=O) groups is 1. The molecular formula is C10H14N4O. The van der Waals surface area contributed by atoms with Crippen molar-refractivity contribution in [1.82, 2.24) is 4.98 Å². The van der Waals surface area contributed by atoms with Crippen LogP contribution >= 0.6 is 0 Å². The summed E-state index contributed by atoms with van der Waals surface area (Å²) in [7, 11) is 0. The van der Waals surface area contributed by atoms with Gasteiger partial charge in [-0.25, -0.2) is 4.98 Å². The molecular weight excluding hydrogens is 192 g/mol. The first-order chi connectivity index (χ1) is 7.09. The second-order valence-corrected chi connectivity index (χ2v) is 3.81. The number of aromatic nitrogens is 1. The lowest BCUT2D eigenvalue weighted by molar-refractivity contribution is -0.120. The average Bonchev–Trinajstić information content (AvgIpc) is 2.06. The molecule has 15 heavy (non-hydrogen) atoms. The van der Waals surface area contributed by atoms with E-state index in [0.29, 0.717) is 5.69 Å². The van der Waals surface area contributed by atoms with E-state index in [1.165, 1.54) is 0 Å². The largest absolute Gasteiger partial charge is 0.397 e. The van der Waals surface area contributed by atoms with Crippen LogP contribution in [0.2, 0.25) is 0 Å². The molecule has 0 spiro atoms. The SMILES string of the molecule is Cc1cc(N)cnc1N1CCC1C(N)=O. The zero-order chi connectivity index (χ0) is 11.0. The van der Waals surface area contributed by atoms with Gasteiger partial charge in [0.15, 0.2) is 0 Å². The van der Waals surface area contributed by atoms with Crippen LogP contribution in [0.15, 0.2) is 12.3 Å². The van der Waals surface area contributed by atoms with E-state index in [2.05, 4.69) is 4.98 Å². The van der Waals surface area contributed by atoms with Crippen LogP contribution in [0, 0.1) is 6.92 Å². The van der Waals surface area contributed by atoms with E-state index in [9.17, 15) is 4.79 Å². The number of rotatable bonds is 2. The molecule has 1 atom stereocenters. The van der Waals surface area contributed by atoms with Crippen molar-refractivity contribution in [2.24, 2.45) is 5.73 Å². The van der Waals surface area contributed by atoms with Gasteiger partial charge in [-0.1, -0.05) is 0 Å². The number of nitrogens with zero attached hydrogens (tertiary/aromatic N) is 2. The summed E-state index contributed by atoms with van der Waals surface area (Å²) < 4.78 is 0. The number of pyridine rings is 1. The number of aryl methyl sites for hydroxylation is 1. The standard InChI is InChI=1S/C10H14N4O/c1-6-4-7(11)5-13-10(6)14-3-2-8(14)9(12)15/h4-5,8H,2-3,11H2,1H3,(H2,12,15). The van der Waals surface area contributed by atoms with Gasteiger partial charge in [0.2, 0.25) is 5.91 Å². The smallest absolute Gasteiger partial charge is 0.240 e. The Labute approximate surface area is 88.1 Å². The van der Waals surface area contributed by atoms with Crippen molar-refractivity contribution in [2.75, 3.05) is 17.2 Å². The van der Waals surface area contributed by atoms with E-state index in [1.807, 2.05) is 17.9 Å². The molecule has 1 saturated heterocycles. The molecule has 0 radical (unpaired) electrons. The summed E-state index contributed by atoms with van der Waals surface area (Å²) in [6, 6.07) is 1.64. The number of hydrogen-bond acceptors (Lipinski definition) is 4. The van der Waals surface area contributed by atoms with Crippen LogP contribution in [0.5, 0.6) is 0 Å². The third-order valence-electron chi connectivity index (χ3n) is 2.69. The van der Waals surface area contributed by atoms with Crippen LogP contribution in [0.1, 0.15) is 12.0 Å². The number of nitrogens with two attached hydrogens (primary N) is 2. The van der Waals surface area contributed by atoms with Crippen molar-refractivity contribution in [2.45, 2.75) is 19.4 Å². The molecule has 5 nitrogen and oxygen atoms in total. The fourth-order valence-electron chi connectivity index (χ4n) is 1.83. The predicted octanol–water partition coefficient (Wildman–Crippen LogP) is 0.0362. The molecule has 5 heteroatoms. The molecule has 1 unspecified atom stereocenters. The van der Waals surface area contributed by atoms with Crippen LogP contribution in [-0.4, -0.2) is 23.5 Å². The Hall–Kier alpha value is -1.78. The number of carbonyl (C=O) groups excluding carboxylic acids is 1. The molecule has 1 aromatic heterocycles. The molecule has 1 amide bonds. The number of anilines is 2. The van der Waals surface area contributed by atoms with Gasteiger partial charge in [0.25, 0.3) is 0 Å². The molecule has 1 aliphatic heterocycles. The van der Waals surface area contributed by atoms with Gasteiger partial charge >= 0.3 is 0 Å². The predicted molar refractivity (Wildman–Crippen MR) is 58.3 cm³/mol. The van der Waals surface area contributed by atoms with Crippen LogP contribution in [0.3, 0.4) is 0 Å². The Morgan fingerprint density at radius 3 is 2.87 bits per heavy atom. The molecule has 0 bridgehead atoms. The lowest BCUT2D eigenvalue weighted by Gasteiger charge is -2.40. The molecule has 1 aromatic rings. The summed E-state index contributed by atoms with van der Waals surface area (Å²) in [5.74, 6) is 0.513. The van der Waals surface area contributed by atoms with Crippen LogP contribution in [0.25, 0.3) is 0 Å². The molecule has 0 saturated carbocycles. The lowest BCUT2D eigenvalue weighted by Crippen LogP contribution is -2.55. The third-order valence-corrected chi connectivity index (χ3v) is 2.69. The normalized spacial score (nSPS) is 19.8. The molecule has 0 aliphatic carbocycles. The topological polar surface area (TPSA) is 85.2 Å². The third kappa shape index (κ3) is 1.60. The first-order valence-corrected chi connectivity index (χ1v) is 4.87. The number of amides is 1.